The molecule has 0 atom stereocenters. The Morgan fingerprint density at radius 3 is 2.71 bits per heavy atom. The molecule has 1 nitrogen and oxygen atoms in total. The van der Waals surface area contributed by atoms with Gasteiger partial charge in [-0.25, -0.2) is 0 Å². The number of rotatable bonds is 0. The van der Waals surface area contributed by atoms with Crippen molar-refractivity contribution in [2.45, 2.75) is 0 Å². The number of hydrogen-bond acceptors (Lipinski definition) is 1. The lowest BCUT2D eigenvalue weighted by atomic mass is 10.4. The lowest BCUT2D eigenvalue weighted by Crippen LogP contribution is -1.69. The molecule has 7 heavy (non-hydrogen) atoms. The van der Waals surface area contributed by atoms with Gasteiger partial charge in [-0.05, 0) is 11.7 Å². The third kappa shape index (κ3) is 0.743. The van der Waals surface area contributed by atoms with Crippen LogP contribution in [0.2, 0.25) is 0 Å². The monoisotopic (exact) mass is 90.0 g/mol. The Bertz CT molecular complexity index is 225. The van der Waals surface area contributed by atoms with Crippen LogP contribution in [0.5, 0.6) is 0 Å². The molecule has 0 aromatic heterocycles. The zero-order valence-corrected chi connectivity index (χ0v) is 3.52. The van der Waals surface area contributed by atoms with Crippen molar-refractivity contribution in [2.75, 3.05) is 0 Å². The topological polar surface area (TPSA) is 20.2 Å². The molecule has 0 aromatic rings. The molecule has 0 saturated heterocycles. The van der Waals surface area contributed by atoms with E-state index in [1.807, 2.05) is 0 Å². The highest BCUT2D eigenvalue weighted by molar-refractivity contribution is 5.30. The second-order valence-corrected chi connectivity index (χ2v) is 1.03. The smallest absolute Gasteiger partial charge is 0.221 e. The summed E-state index contributed by atoms with van der Waals surface area (Å²) < 4.78 is 0. The average molecular weight is 90.1 g/mol. The van der Waals surface area contributed by atoms with Gasteiger partial charge in [0.25, 0.3) is 0 Å². The predicted molar refractivity (Wildman–Crippen MR) is 25.5 cm³/mol. The number of aliphatic hydroxyl groups excluding tert-OH is 1. The average Bonchev–Trinajstić information content (AvgIpc) is 1.69. The highest BCUT2D eigenvalue weighted by Gasteiger charge is 1.77. The minimum atomic E-state index is -0.0394. The zero-order chi connectivity index (χ0) is 5.11. The molecule has 0 amide bonds. The Balaban J connectivity index is 3.25. The van der Waals surface area contributed by atoms with Gasteiger partial charge in [-0.2, -0.15) is 0 Å². The minimum Gasteiger partial charge on any atom is -0.495 e. The molecule has 1 aliphatic rings. The van der Waals surface area contributed by atoms with E-state index >= 15 is 0 Å². The summed E-state index contributed by atoms with van der Waals surface area (Å²) in [5.41, 5.74) is 4.87. The van der Waals surface area contributed by atoms with Crippen LogP contribution in [-0.2, 0) is 0 Å². The molecule has 0 aromatic carbocycles. The van der Waals surface area contributed by atoms with Crippen molar-refractivity contribution in [1.82, 2.24) is 0 Å². The van der Waals surface area contributed by atoms with Gasteiger partial charge in [0.1, 0.15) is 0 Å². The van der Waals surface area contributed by atoms with Crippen LogP contribution < -0.4 is 0 Å². The Morgan fingerprint density at radius 1 is 1.57 bits per heavy atom. The maximum atomic E-state index is 8.46. The molecule has 0 bridgehead atoms. The van der Waals surface area contributed by atoms with Crippen LogP contribution in [0.25, 0.3) is 0 Å². The lowest BCUT2D eigenvalue weighted by molar-refractivity contribution is 0.440. The highest BCUT2D eigenvalue weighted by Crippen LogP contribution is 1.81. The third-order valence-electron chi connectivity index (χ3n) is 0.525. The van der Waals surface area contributed by atoms with Crippen LogP contribution in [0.4, 0.5) is 0 Å². The normalized spacial score (nSPS) is 12.3. The van der Waals surface area contributed by atoms with E-state index < -0.39 is 0 Å². The van der Waals surface area contributed by atoms with Crippen molar-refractivity contribution in [2.24, 2.45) is 0 Å². The van der Waals surface area contributed by atoms with Gasteiger partial charge in [0.05, 0.1) is 0 Å². The van der Waals surface area contributed by atoms with Crippen LogP contribution in [0.1, 0.15) is 0 Å². The summed E-state index contributed by atoms with van der Waals surface area (Å²) >= 11 is 0. The molecular weight excluding hydrogens is 88.1 g/mol. The molecule has 0 unspecified atom stereocenters. The van der Waals surface area contributed by atoms with Gasteiger partial charge in [-0.1, -0.05) is 11.7 Å². The fourth-order valence-electron chi connectivity index (χ4n) is 0.276. The zero-order valence-electron chi connectivity index (χ0n) is 3.52. The van der Waals surface area contributed by atoms with Crippen LogP contribution in [-0.4, -0.2) is 5.11 Å². The first-order valence-corrected chi connectivity index (χ1v) is 1.80. The first-order valence-electron chi connectivity index (χ1n) is 1.80. The molecule has 0 fully saturated rings. The van der Waals surface area contributed by atoms with Crippen LogP contribution >= 0.6 is 0 Å². The van der Waals surface area contributed by atoms with Crippen molar-refractivity contribution >= 4 is 0 Å². The second-order valence-electron chi connectivity index (χ2n) is 1.03. The van der Waals surface area contributed by atoms with Gasteiger partial charge in [0.15, 0.2) is 0 Å². The van der Waals surface area contributed by atoms with Crippen LogP contribution in [0.3, 0.4) is 0 Å². The van der Waals surface area contributed by atoms with Gasteiger partial charge < -0.3 is 5.11 Å². The van der Waals surface area contributed by atoms with Crippen LogP contribution in [0, 0.1) is 11.8 Å². The number of aliphatic hydroxyl groups is 1. The molecule has 0 saturated carbocycles. The lowest BCUT2D eigenvalue weighted by Gasteiger charge is -1.75. The van der Waals surface area contributed by atoms with E-state index in [1.165, 1.54) is 6.08 Å². The van der Waals surface area contributed by atoms with Crippen molar-refractivity contribution < 1.29 is 5.11 Å². The Labute approximate surface area is 41.3 Å². The molecular formula is C6H2O. The second kappa shape index (κ2) is 1.41. The predicted octanol–water partition coefficient (Wildman–Crippen LogP) is 0.755. The maximum absolute atomic E-state index is 8.46. The summed E-state index contributed by atoms with van der Waals surface area (Å²) in [5, 5.41) is 8.46. The van der Waals surface area contributed by atoms with Gasteiger partial charge in [-0.3, -0.25) is 0 Å². The molecule has 32 valence electrons. The first-order chi connectivity index (χ1) is 3.39. The summed E-state index contributed by atoms with van der Waals surface area (Å²) in [6.45, 7) is 0. The fraction of sp³-hybridized carbons (Fsp3) is 0. The molecule has 1 aliphatic carbocycles. The van der Waals surface area contributed by atoms with E-state index in [0.29, 0.717) is 0 Å². The summed E-state index contributed by atoms with van der Waals surface area (Å²) in [7, 11) is 0. The van der Waals surface area contributed by atoms with E-state index in [2.05, 4.69) is 23.3 Å². The molecule has 0 spiro atoms. The molecule has 1 N–H and O–H groups in total. The number of hydrogen-bond donors (Lipinski definition) is 1. The van der Waals surface area contributed by atoms with Crippen molar-refractivity contribution in [3.8, 4) is 11.8 Å². The molecule has 0 aliphatic heterocycles. The molecule has 1 rings (SSSR count). The van der Waals surface area contributed by atoms with Gasteiger partial charge >= 0.3 is 0 Å². The minimum absolute atomic E-state index is 0.0394. The quantitative estimate of drug-likeness (QED) is 0.344. The van der Waals surface area contributed by atoms with E-state index in [4.69, 9.17) is 5.11 Å². The number of allylic oxidation sites excluding steroid dienone is 2. The molecule has 0 heterocycles. The van der Waals surface area contributed by atoms with E-state index in [1.54, 1.807) is 0 Å². The molecule has 1 heteroatoms. The van der Waals surface area contributed by atoms with E-state index in [9.17, 15) is 0 Å². The largest absolute Gasteiger partial charge is 0.495 e. The van der Waals surface area contributed by atoms with Gasteiger partial charge in [0, 0.05) is 6.08 Å². The summed E-state index contributed by atoms with van der Waals surface area (Å²) in [6, 6.07) is 0. The Morgan fingerprint density at radius 2 is 2.43 bits per heavy atom. The van der Waals surface area contributed by atoms with Crippen LogP contribution in [0.15, 0.2) is 23.3 Å². The first kappa shape index (κ1) is 3.84. The highest BCUT2D eigenvalue weighted by atomic mass is 16.3. The van der Waals surface area contributed by atoms with Crippen molar-refractivity contribution in [1.29, 1.82) is 0 Å². The standard InChI is InChI=1S/C6H2O/c7-6-4-2-1-3-5-6/h1,7H. The third-order valence-corrected chi connectivity index (χ3v) is 0.525. The summed E-state index contributed by atoms with van der Waals surface area (Å²) in [5.74, 6) is 4.83. The molecule has 0 radical (unpaired) electrons. The Kier molecular flexibility index (Phi) is 0.771. The van der Waals surface area contributed by atoms with Crippen molar-refractivity contribution in [3.63, 3.8) is 0 Å². The fourth-order valence-corrected chi connectivity index (χ4v) is 0.276. The van der Waals surface area contributed by atoms with E-state index in [-0.39, 0.29) is 5.76 Å². The van der Waals surface area contributed by atoms with Gasteiger partial charge in [0.2, 0.25) is 5.76 Å². The summed E-state index contributed by atoms with van der Waals surface area (Å²) in [6.07, 6.45) is 1.50. The van der Waals surface area contributed by atoms with Gasteiger partial charge in [-0.15, -0.1) is 0 Å². The maximum Gasteiger partial charge on any atom is 0.221 e. The van der Waals surface area contributed by atoms with Crippen molar-refractivity contribution in [3.05, 3.63) is 23.3 Å². The Hall–Kier alpha value is -1.34. The summed E-state index contributed by atoms with van der Waals surface area (Å²) in [4.78, 5) is 0. The van der Waals surface area contributed by atoms with E-state index in [0.717, 1.165) is 0 Å². The SMILES string of the molecule is OC1=C=C=CC#C1.